The van der Waals surface area contributed by atoms with Gasteiger partial charge in [0.25, 0.3) is 0 Å². The molecule has 6 heteroatoms. The van der Waals surface area contributed by atoms with Crippen LogP contribution in [-0.2, 0) is 13.1 Å². The van der Waals surface area contributed by atoms with E-state index >= 15 is 0 Å². The average molecular weight is 397 g/mol. The minimum Gasteiger partial charge on any atom is -0.491 e. The topological polar surface area (TPSA) is 66.4 Å². The first kappa shape index (κ1) is 21.1. The third-order valence-electron chi connectivity index (χ3n) is 5.43. The molecule has 0 aliphatic heterocycles. The molecule has 0 amide bonds. The van der Waals surface area contributed by atoms with E-state index in [0.29, 0.717) is 12.2 Å². The van der Waals surface area contributed by atoms with Gasteiger partial charge < -0.3 is 23.9 Å². The number of rotatable bonds is 10. The number of para-hydroxylation sites is 3. The van der Waals surface area contributed by atoms with E-state index in [9.17, 15) is 5.11 Å². The molecular weight excluding hydrogens is 364 g/mol. The third-order valence-corrected chi connectivity index (χ3v) is 5.43. The van der Waals surface area contributed by atoms with Crippen LogP contribution in [0.15, 0.2) is 48.5 Å². The minimum atomic E-state index is -0.703. The van der Waals surface area contributed by atoms with Crippen molar-refractivity contribution >= 4 is 11.0 Å². The van der Waals surface area contributed by atoms with Gasteiger partial charge in [-0.2, -0.15) is 0 Å². The third kappa shape index (κ3) is 4.89. The second kappa shape index (κ2) is 9.76. The van der Waals surface area contributed by atoms with Crippen LogP contribution in [0.5, 0.6) is 5.75 Å². The lowest BCUT2D eigenvalue weighted by molar-refractivity contribution is 0.0917. The number of imidazole rings is 1. The Morgan fingerprint density at radius 2 is 1.62 bits per heavy atom. The number of aromatic nitrogens is 2. The smallest absolute Gasteiger partial charge is 0.203 e. The predicted molar refractivity (Wildman–Crippen MR) is 116 cm³/mol. The molecule has 0 saturated heterocycles. The lowest BCUT2D eigenvalue weighted by Gasteiger charge is -2.18. The predicted octanol–water partition coefficient (Wildman–Crippen LogP) is 3.01. The second-order valence-electron chi connectivity index (χ2n) is 7.33. The summed E-state index contributed by atoms with van der Waals surface area (Å²) in [7, 11) is 0. The Morgan fingerprint density at radius 3 is 2.28 bits per heavy atom. The first-order chi connectivity index (χ1) is 14.0. The molecule has 6 nitrogen and oxygen atoms in total. The summed E-state index contributed by atoms with van der Waals surface area (Å²) in [5.41, 5.74) is 3.44. The maximum absolute atomic E-state index is 10.6. The summed E-state index contributed by atoms with van der Waals surface area (Å²) in [6.07, 6.45) is -0.703. The van der Waals surface area contributed by atoms with Crippen molar-refractivity contribution in [2.75, 3.05) is 26.2 Å². The number of aliphatic hydroxyl groups is 1. The highest BCUT2D eigenvalue weighted by atomic mass is 16.5. The van der Waals surface area contributed by atoms with Gasteiger partial charge in [-0.15, -0.1) is 0 Å². The van der Waals surface area contributed by atoms with E-state index in [2.05, 4.69) is 18.7 Å². The van der Waals surface area contributed by atoms with Crippen LogP contribution in [0.25, 0.3) is 11.0 Å². The van der Waals surface area contributed by atoms with Gasteiger partial charge in [-0.1, -0.05) is 44.2 Å². The zero-order chi connectivity index (χ0) is 20.8. The van der Waals surface area contributed by atoms with E-state index in [1.54, 1.807) is 0 Å². The molecule has 1 aromatic heterocycles. The molecule has 0 radical (unpaired) electrons. The summed E-state index contributed by atoms with van der Waals surface area (Å²) in [5, 5.41) is 19.3. The van der Waals surface area contributed by atoms with Crippen LogP contribution in [0.1, 0.15) is 19.4 Å². The van der Waals surface area contributed by atoms with Gasteiger partial charge in [0, 0.05) is 13.1 Å². The van der Waals surface area contributed by atoms with Crippen LogP contribution in [0, 0.1) is 12.3 Å². The van der Waals surface area contributed by atoms with Crippen LogP contribution in [0.3, 0.4) is 0 Å². The Hall–Kier alpha value is -2.57. The van der Waals surface area contributed by atoms with E-state index in [0.717, 1.165) is 48.5 Å². The molecule has 0 aliphatic carbocycles. The zero-order valence-electron chi connectivity index (χ0n) is 17.6. The zero-order valence-corrected chi connectivity index (χ0v) is 17.6. The van der Waals surface area contributed by atoms with Gasteiger partial charge in [-0.05, 0) is 43.8 Å². The van der Waals surface area contributed by atoms with Gasteiger partial charge >= 0.3 is 0 Å². The second-order valence-corrected chi connectivity index (χ2v) is 7.33. The molecule has 3 rings (SSSR count). The maximum Gasteiger partial charge on any atom is 0.203 e. The van der Waals surface area contributed by atoms with Crippen molar-refractivity contribution in [2.24, 2.45) is 0 Å². The summed E-state index contributed by atoms with van der Waals surface area (Å²) < 4.78 is 9.71. The number of benzene rings is 2. The van der Waals surface area contributed by atoms with E-state index in [4.69, 9.17) is 10.1 Å². The summed E-state index contributed by atoms with van der Waals surface area (Å²) in [4.78, 5) is 2.35. The number of nitrogens with zero attached hydrogens (tertiary/aromatic N) is 3. The lowest BCUT2D eigenvalue weighted by atomic mass is 10.2. The molecule has 1 heterocycles. The normalized spacial score (nSPS) is 12.6. The first-order valence-electron chi connectivity index (χ1n) is 10.4. The summed E-state index contributed by atoms with van der Waals surface area (Å²) >= 11 is 0. The maximum atomic E-state index is 10.6. The fourth-order valence-corrected chi connectivity index (χ4v) is 3.65. The molecule has 2 aromatic carbocycles. The van der Waals surface area contributed by atoms with Crippen molar-refractivity contribution in [1.82, 2.24) is 14.0 Å². The van der Waals surface area contributed by atoms with Gasteiger partial charge in [0.15, 0.2) is 0 Å². The highest BCUT2D eigenvalue weighted by Crippen LogP contribution is 2.17. The number of nitrogens with one attached hydrogen (secondary N) is 1. The average Bonchev–Trinajstić information content (AvgIpc) is 2.99. The monoisotopic (exact) mass is 396 g/mol. The van der Waals surface area contributed by atoms with E-state index in [1.807, 2.05) is 64.6 Å². The molecule has 0 unspecified atom stereocenters. The van der Waals surface area contributed by atoms with Crippen molar-refractivity contribution in [1.29, 1.82) is 5.41 Å². The number of aryl methyl sites for hydroxylation is 1. The van der Waals surface area contributed by atoms with Crippen LogP contribution in [0.4, 0.5) is 0 Å². The minimum absolute atomic E-state index is 0.191. The molecule has 0 fully saturated rings. The van der Waals surface area contributed by atoms with Crippen molar-refractivity contribution in [3.63, 3.8) is 0 Å². The van der Waals surface area contributed by atoms with Crippen molar-refractivity contribution in [3.05, 3.63) is 59.7 Å². The Labute approximate surface area is 172 Å². The quantitative estimate of drug-likeness (QED) is 0.554. The lowest BCUT2D eigenvalue weighted by Crippen LogP contribution is -2.34. The van der Waals surface area contributed by atoms with Gasteiger partial charge in [0.1, 0.15) is 18.5 Å². The van der Waals surface area contributed by atoms with Crippen molar-refractivity contribution in [3.8, 4) is 5.75 Å². The Bertz CT molecular complexity index is 988. The number of hydrogen-bond donors (Lipinski definition) is 2. The van der Waals surface area contributed by atoms with Crippen LogP contribution in [-0.4, -0.2) is 51.5 Å². The molecular formula is C23H32N4O2. The molecule has 2 N–H and O–H groups in total. The van der Waals surface area contributed by atoms with E-state index < -0.39 is 6.10 Å². The first-order valence-corrected chi connectivity index (χ1v) is 10.4. The van der Waals surface area contributed by atoms with Gasteiger partial charge in [0.05, 0.1) is 17.6 Å². The summed E-state index contributed by atoms with van der Waals surface area (Å²) in [6.45, 7) is 10.5. The fourth-order valence-electron chi connectivity index (χ4n) is 3.65. The van der Waals surface area contributed by atoms with Gasteiger partial charge in [0.2, 0.25) is 5.62 Å². The number of hydrogen-bond acceptors (Lipinski definition) is 4. The SMILES string of the molecule is CCN(CC)CCn1c(=N)n(C[C@H](O)COc2ccccc2C)c2ccccc21. The Balaban J connectivity index is 1.77. The number of fused-ring (bicyclic) bond motifs is 1. The highest BCUT2D eigenvalue weighted by Gasteiger charge is 2.15. The number of ether oxygens (including phenoxy) is 1. The van der Waals surface area contributed by atoms with Crippen LogP contribution in [0.2, 0.25) is 0 Å². The number of likely N-dealkylation sites (N-methyl/N-ethyl adjacent to an activating group) is 1. The summed E-state index contributed by atoms with van der Waals surface area (Å²) in [5.74, 6) is 0.782. The van der Waals surface area contributed by atoms with Crippen molar-refractivity contribution < 1.29 is 9.84 Å². The molecule has 0 bridgehead atoms. The molecule has 29 heavy (non-hydrogen) atoms. The highest BCUT2D eigenvalue weighted by molar-refractivity contribution is 5.75. The fraction of sp³-hybridized carbons (Fsp3) is 0.435. The molecule has 156 valence electrons. The van der Waals surface area contributed by atoms with Crippen molar-refractivity contribution in [2.45, 2.75) is 40.0 Å². The molecule has 0 aliphatic rings. The Morgan fingerprint density at radius 1 is 1.00 bits per heavy atom. The van der Waals surface area contributed by atoms with Gasteiger partial charge in [-0.3, -0.25) is 5.41 Å². The van der Waals surface area contributed by atoms with Gasteiger partial charge in [-0.25, -0.2) is 0 Å². The van der Waals surface area contributed by atoms with E-state index in [1.165, 1.54) is 0 Å². The molecule has 3 aromatic rings. The van der Waals surface area contributed by atoms with Crippen LogP contribution < -0.4 is 10.4 Å². The standard InChI is InChI=1S/C23H32N4O2/c1-4-25(5-2)14-15-26-20-11-7-8-12-21(20)27(23(26)24)16-19(28)17-29-22-13-9-6-10-18(22)3/h6-13,19,24,28H,4-5,14-17H2,1-3H3/t19-/m0/s1. The summed E-state index contributed by atoms with van der Waals surface area (Å²) in [6, 6.07) is 15.8. The number of aliphatic hydroxyl groups excluding tert-OH is 1. The molecule has 1 atom stereocenters. The Kier molecular flexibility index (Phi) is 7.12. The largest absolute Gasteiger partial charge is 0.491 e. The molecule has 0 spiro atoms. The molecule has 0 saturated carbocycles. The van der Waals surface area contributed by atoms with Crippen LogP contribution >= 0.6 is 0 Å². The van der Waals surface area contributed by atoms with E-state index in [-0.39, 0.29) is 6.61 Å².